The molecule has 0 aliphatic heterocycles. The Kier molecular flexibility index (Phi) is 6.43. The lowest BCUT2D eigenvalue weighted by molar-refractivity contribution is 0.0910. The van der Waals surface area contributed by atoms with Crippen molar-refractivity contribution in [2.24, 2.45) is 0 Å². The third-order valence-corrected chi connectivity index (χ3v) is 4.49. The van der Waals surface area contributed by atoms with Gasteiger partial charge in [0.2, 0.25) is 0 Å². The first-order valence-corrected chi connectivity index (χ1v) is 7.66. The molecule has 0 saturated carbocycles. The van der Waals surface area contributed by atoms with Crippen molar-refractivity contribution in [3.63, 3.8) is 0 Å². The molecule has 1 aromatic rings. The number of ether oxygens (including phenoxy) is 1. The summed E-state index contributed by atoms with van der Waals surface area (Å²) < 4.78 is 6.05. The zero-order valence-corrected chi connectivity index (χ0v) is 13.9. The Bertz CT molecular complexity index is 442. The van der Waals surface area contributed by atoms with Gasteiger partial charge in [-0.25, -0.2) is 0 Å². The van der Waals surface area contributed by atoms with Crippen molar-refractivity contribution in [3.8, 4) is 5.75 Å². The van der Waals surface area contributed by atoms with E-state index in [1.54, 1.807) is 18.2 Å². The standard InChI is InChI=1S/C13H16BrCl2NO2/c1-3-13(7-15,8-16)17-12(18)10-5-4-9(14)6-11(10)19-2/h4-6H,3,7-8H2,1-2H3,(H,17,18). The highest BCUT2D eigenvalue weighted by molar-refractivity contribution is 9.10. The number of rotatable bonds is 6. The highest BCUT2D eigenvalue weighted by atomic mass is 79.9. The van der Waals surface area contributed by atoms with Crippen molar-refractivity contribution in [2.75, 3.05) is 18.9 Å². The third kappa shape index (κ3) is 4.01. The average Bonchev–Trinajstić information content (AvgIpc) is 2.44. The van der Waals surface area contributed by atoms with Gasteiger partial charge in [0.05, 0.1) is 18.2 Å². The molecule has 106 valence electrons. The zero-order chi connectivity index (χ0) is 14.5. The molecule has 1 amide bonds. The second-order valence-corrected chi connectivity index (χ2v) is 5.65. The maximum absolute atomic E-state index is 12.3. The smallest absolute Gasteiger partial charge is 0.255 e. The number of hydrogen-bond donors (Lipinski definition) is 1. The van der Waals surface area contributed by atoms with E-state index in [-0.39, 0.29) is 17.7 Å². The van der Waals surface area contributed by atoms with E-state index >= 15 is 0 Å². The fourth-order valence-corrected chi connectivity index (χ4v) is 2.68. The number of amides is 1. The predicted octanol–water partition coefficient (Wildman–Crippen LogP) is 3.81. The number of alkyl halides is 2. The Labute approximate surface area is 131 Å². The van der Waals surface area contributed by atoms with Crippen molar-refractivity contribution >= 4 is 45.0 Å². The van der Waals surface area contributed by atoms with Crippen LogP contribution >= 0.6 is 39.1 Å². The summed E-state index contributed by atoms with van der Waals surface area (Å²) in [5, 5.41) is 2.89. The average molecular weight is 369 g/mol. The second-order valence-electron chi connectivity index (χ2n) is 4.20. The highest BCUT2D eigenvalue weighted by Crippen LogP contribution is 2.24. The molecule has 0 saturated heterocycles. The van der Waals surface area contributed by atoms with E-state index in [0.29, 0.717) is 17.7 Å². The van der Waals surface area contributed by atoms with Crippen molar-refractivity contribution in [3.05, 3.63) is 28.2 Å². The molecular weight excluding hydrogens is 353 g/mol. The van der Waals surface area contributed by atoms with Gasteiger partial charge in [-0.15, -0.1) is 23.2 Å². The Hall–Kier alpha value is -0.450. The highest BCUT2D eigenvalue weighted by Gasteiger charge is 2.29. The van der Waals surface area contributed by atoms with Gasteiger partial charge in [0.15, 0.2) is 0 Å². The van der Waals surface area contributed by atoms with Gasteiger partial charge in [-0.1, -0.05) is 22.9 Å². The van der Waals surface area contributed by atoms with Crippen molar-refractivity contribution in [2.45, 2.75) is 18.9 Å². The van der Waals surface area contributed by atoms with Gasteiger partial charge in [-0.3, -0.25) is 4.79 Å². The summed E-state index contributed by atoms with van der Waals surface area (Å²) in [5.74, 6) is 0.781. The summed E-state index contributed by atoms with van der Waals surface area (Å²) in [5.41, 5.74) is -0.142. The molecule has 1 rings (SSSR count). The number of methoxy groups -OCH3 is 1. The molecule has 0 fully saturated rings. The van der Waals surface area contributed by atoms with Gasteiger partial charge in [0.25, 0.3) is 5.91 Å². The lowest BCUT2D eigenvalue weighted by Crippen LogP contribution is -2.51. The van der Waals surface area contributed by atoms with E-state index in [4.69, 9.17) is 27.9 Å². The summed E-state index contributed by atoms with van der Waals surface area (Å²) in [6, 6.07) is 5.22. The molecule has 0 radical (unpaired) electrons. The van der Waals surface area contributed by atoms with Crippen molar-refractivity contribution in [1.29, 1.82) is 0 Å². The van der Waals surface area contributed by atoms with Crippen LogP contribution in [0, 0.1) is 0 Å². The molecule has 0 heterocycles. The van der Waals surface area contributed by atoms with Gasteiger partial charge < -0.3 is 10.1 Å². The number of hydrogen-bond acceptors (Lipinski definition) is 2. The zero-order valence-electron chi connectivity index (χ0n) is 10.8. The van der Waals surface area contributed by atoms with Gasteiger partial charge in [0, 0.05) is 16.2 Å². The maximum Gasteiger partial charge on any atom is 0.255 e. The SMILES string of the molecule is CCC(CCl)(CCl)NC(=O)c1ccc(Br)cc1OC. The van der Waals surface area contributed by atoms with Crippen LogP contribution in [0.25, 0.3) is 0 Å². The summed E-state index contributed by atoms with van der Waals surface area (Å²) in [4.78, 5) is 12.3. The molecule has 0 bridgehead atoms. The minimum atomic E-state index is -0.599. The van der Waals surface area contributed by atoms with E-state index in [0.717, 1.165) is 4.47 Å². The van der Waals surface area contributed by atoms with E-state index in [2.05, 4.69) is 21.2 Å². The summed E-state index contributed by atoms with van der Waals surface area (Å²) >= 11 is 15.2. The Morgan fingerprint density at radius 2 is 2.05 bits per heavy atom. The molecule has 1 N–H and O–H groups in total. The number of nitrogens with one attached hydrogen (secondary N) is 1. The van der Waals surface area contributed by atoms with Crippen LogP contribution < -0.4 is 10.1 Å². The van der Waals surface area contributed by atoms with Gasteiger partial charge in [-0.2, -0.15) is 0 Å². The molecular formula is C13H16BrCl2NO2. The van der Waals surface area contributed by atoms with E-state index in [1.807, 2.05) is 6.92 Å². The largest absolute Gasteiger partial charge is 0.496 e. The van der Waals surface area contributed by atoms with Crippen LogP contribution in [-0.2, 0) is 0 Å². The van der Waals surface area contributed by atoms with Crippen LogP contribution in [0.3, 0.4) is 0 Å². The van der Waals surface area contributed by atoms with Crippen molar-refractivity contribution in [1.82, 2.24) is 5.32 Å². The molecule has 0 aromatic heterocycles. The monoisotopic (exact) mass is 367 g/mol. The topological polar surface area (TPSA) is 38.3 Å². The van der Waals surface area contributed by atoms with Gasteiger partial charge >= 0.3 is 0 Å². The first-order valence-electron chi connectivity index (χ1n) is 5.80. The van der Waals surface area contributed by atoms with Crippen LogP contribution in [0.1, 0.15) is 23.7 Å². The normalized spacial score (nSPS) is 11.2. The quantitative estimate of drug-likeness (QED) is 0.775. The molecule has 0 spiro atoms. The Morgan fingerprint density at radius 1 is 1.42 bits per heavy atom. The molecule has 19 heavy (non-hydrogen) atoms. The van der Waals surface area contributed by atoms with Crippen LogP contribution in [0.2, 0.25) is 0 Å². The maximum atomic E-state index is 12.3. The van der Waals surface area contributed by atoms with E-state index in [9.17, 15) is 4.79 Å². The van der Waals surface area contributed by atoms with Gasteiger partial charge in [-0.05, 0) is 24.6 Å². The molecule has 0 aliphatic carbocycles. The number of carbonyl (C=O) groups excluding carboxylic acids is 1. The van der Waals surface area contributed by atoms with Crippen LogP contribution in [0.4, 0.5) is 0 Å². The number of halogens is 3. The summed E-state index contributed by atoms with van der Waals surface area (Å²) in [6.45, 7) is 1.93. The third-order valence-electron chi connectivity index (χ3n) is 2.98. The number of carbonyl (C=O) groups is 1. The molecule has 3 nitrogen and oxygen atoms in total. The molecule has 0 atom stereocenters. The molecule has 1 aromatic carbocycles. The lowest BCUT2D eigenvalue weighted by Gasteiger charge is -2.29. The lowest BCUT2D eigenvalue weighted by atomic mass is 10.0. The van der Waals surface area contributed by atoms with Gasteiger partial charge in [0.1, 0.15) is 5.75 Å². The Morgan fingerprint density at radius 3 is 2.53 bits per heavy atom. The fourth-order valence-electron chi connectivity index (χ4n) is 1.54. The molecule has 0 unspecified atom stereocenters. The molecule has 0 aliphatic rings. The second kappa shape index (κ2) is 7.36. The first kappa shape index (κ1) is 16.6. The van der Waals surface area contributed by atoms with Crippen LogP contribution in [-0.4, -0.2) is 30.3 Å². The number of benzene rings is 1. The summed E-state index contributed by atoms with van der Waals surface area (Å²) in [6.07, 6.45) is 0.657. The Balaban J connectivity index is 3.01. The minimum Gasteiger partial charge on any atom is -0.496 e. The van der Waals surface area contributed by atoms with Crippen LogP contribution in [0.15, 0.2) is 22.7 Å². The van der Waals surface area contributed by atoms with E-state index < -0.39 is 5.54 Å². The van der Waals surface area contributed by atoms with Crippen LogP contribution in [0.5, 0.6) is 5.75 Å². The van der Waals surface area contributed by atoms with E-state index in [1.165, 1.54) is 7.11 Å². The summed E-state index contributed by atoms with van der Waals surface area (Å²) in [7, 11) is 1.52. The first-order chi connectivity index (χ1) is 9.01. The van der Waals surface area contributed by atoms with Crippen molar-refractivity contribution < 1.29 is 9.53 Å². The minimum absolute atomic E-state index is 0.243. The molecule has 6 heteroatoms. The predicted molar refractivity (Wildman–Crippen MR) is 82.6 cm³/mol. The fraction of sp³-hybridized carbons (Fsp3) is 0.462.